The standard InChI is InChI=1S/C13H24N2O/c1-9-4-3-5-11(9)7-15-13(16)12-8-14-6-10(12)2/h9-12,14H,3-8H2,1-2H3,(H,15,16)/t9?,10-,11?,12-/m1/s1. The number of nitrogens with one attached hydrogen (secondary N) is 2. The minimum Gasteiger partial charge on any atom is -0.356 e. The van der Waals surface area contributed by atoms with Gasteiger partial charge in [0.05, 0.1) is 5.92 Å². The number of carbonyl (C=O) groups is 1. The van der Waals surface area contributed by atoms with Gasteiger partial charge in [-0.2, -0.15) is 0 Å². The second kappa shape index (κ2) is 5.17. The SMILES string of the molecule is CC1CCCC1CNC(=O)[C@@H]1CNC[C@H]1C. The smallest absolute Gasteiger partial charge is 0.224 e. The third-order valence-electron chi connectivity index (χ3n) is 4.43. The van der Waals surface area contributed by atoms with Crippen molar-refractivity contribution in [3.8, 4) is 0 Å². The highest BCUT2D eigenvalue weighted by Gasteiger charge is 2.30. The van der Waals surface area contributed by atoms with Crippen LogP contribution in [0.3, 0.4) is 0 Å². The monoisotopic (exact) mass is 224 g/mol. The number of amides is 1. The highest BCUT2D eigenvalue weighted by Crippen LogP contribution is 2.30. The summed E-state index contributed by atoms with van der Waals surface area (Å²) in [5.41, 5.74) is 0. The first kappa shape index (κ1) is 11.9. The van der Waals surface area contributed by atoms with E-state index < -0.39 is 0 Å². The molecule has 0 aromatic rings. The van der Waals surface area contributed by atoms with Crippen LogP contribution >= 0.6 is 0 Å². The first-order chi connectivity index (χ1) is 7.68. The van der Waals surface area contributed by atoms with Gasteiger partial charge in [0.25, 0.3) is 0 Å². The fourth-order valence-electron chi connectivity index (χ4n) is 3.05. The zero-order chi connectivity index (χ0) is 11.5. The molecule has 2 fully saturated rings. The van der Waals surface area contributed by atoms with Gasteiger partial charge in [-0.05, 0) is 30.7 Å². The Kier molecular flexibility index (Phi) is 3.85. The summed E-state index contributed by atoms with van der Waals surface area (Å²) in [7, 11) is 0. The molecule has 4 atom stereocenters. The van der Waals surface area contributed by atoms with Crippen LogP contribution < -0.4 is 10.6 Å². The predicted molar refractivity (Wildman–Crippen MR) is 65.0 cm³/mol. The lowest BCUT2D eigenvalue weighted by Gasteiger charge is -2.19. The van der Waals surface area contributed by atoms with Crippen LogP contribution in [0.15, 0.2) is 0 Å². The maximum Gasteiger partial charge on any atom is 0.224 e. The summed E-state index contributed by atoms with van der Waals surface area (Å²) in [6, 6.07) is 0. The fraction of sp³-hybridized carbons (Fsp3) is 0.923. The Hall–Kier alpha value is -0.570. The van der Waals surface area contributed by atoms with E-state index in [0.717, 1.165) is 25.6 Å². The molecule has 2 N–H and O–H groups in total. The van der Waals surface area contributed by atoms with E-state index in [4.69, 9.17) is 0 Å². The van der Waals surface area contributed by atoms with Crippen LogP contribution in [0.5, 0.6) is 0 Å². The van der Waals surface area contributed by atoms with Crippen molar-refractivity contribution in [3.63, 3.8) is 0 Å². The maximum absolute atomic E-state index is 12.0. The molecule has 3 heteroatoms. The Morgan fingerprint density at radius 2 is 2.06 bits per heavy atom. The van der Waals surface area contributed by atoms with Gasteiger partial charge in [-0.15, -0.1) is 0 Å². The van der Waals surface area contributed by atoms with E-state index in [-0.39, 0.29) is 11.8 Å². The Balaban J connectivity index is 1.75. The summed E-state index contributed by atoms with van der Waals surface area (Å²) in [5.74, 6) is 2.45. The average Bonchev–Trinajstić information content (AvgIpc) is 2.84. The van der Waals surface area contributed by atoms with Crippen LogP contribution in [-0.4, -0.2) is 25.5 Å². The van der Waals surface area contributed by atoms with E-state index in [9.17, 15) is 4.79 Å². The van der Waals surface area contributed by atoms with Gasteiger partial charge in [-0.1, -0.05) is 26.7 Å². The Morgan fingerprint density at radius 3 is 2.62 bits per heavy atom. The molecule has 0 radical (unpaired) electrons. The molecule has 2 rings (SSSR count). The van der Waals surface area contributed by atoms with Crippen LogP contribution in [0.25, 0.3) is 0 Å². The number of hydrogen-bond donors (Lipinski definition) is 2. The van der Waals surface area contributed by atoms with Crippen molar-refractivity contribution in [1.29, 1.82) is 0 Å². The molecule has 2 unspecified atom stereocenters. The second-order valence-electron chi connectivity index (χ2n) is 5.66. The lowest BCUT2D eigenvalue weighted by Crippen LogP contribution is -2.37. The molecule has 1 saturated heterocycles. The van der Waals surface area contributed by atoms with Crippen LogP contribution in [0.1, 0.15) is 33.1 Å². The van der Waals surface area contributed by atoms with E-state index >= 15 is 0 Å². The molecule has 1 aliphatic carbocycles. The molecule has 0 aromatic carbocycles. The van der Waals surface area contributed by atoms with Crippen molar-refractivity contribution in [2.45, 2.75) is 33.1 Å². The highest BCUT2D eigenvalue weighted by molar-refractivity contribution is 5.79. The molecular formula is C13H24N2O. The van der Waals surface area contributed by atoms with Gasteiger partial charge in [0.2, 0.25) is 5.91 Å². The largest absolute Gasteiger partial charge is 0.356 e. The fourth-order valence-corrected chi connectivity index (χ4v) is 3.05. The molecule has 1 amide bonds. The Morgan fingerprint density at radius 1 is 1.25 bits per heavy atom. The van der Waals surface area contributed by atoms with Gasteiger partial charge in [-0.3, -0.25) is 4.79 Å². The van der Waals surface area contributed by atoms with Crippen LogP contribution in [-0.2, 0) is 4.79 Å². The summed E-state index contributed by atoms with van der Waals surface area (Å²) < 4.78 is 0. The van der Waals surface area contributed by atoms with E-state index in [2.05, 4.69) is 24.5 Å². The van der Waals surface area contributed by atoms with Gasteiger partial charge >= 0.3 is 0 Å². The van der Waals surface area contributed by atoms with Gasteiger partial charge < -0.3 is 10.6 Å². The minimum atomic E-state index is 0.191. The van der Waals surface area contributed by atoms with Crippen molar-refractivity contribution in [3.05, 3.63) is 0 Å². The average molecular weight is 224 g/mol. The first-order valence-electron chi connectivity index (χ1n) is 6.67. The van der Waals surface area contributed by atoms with Gasteiger partial charge in [0, 0.05) is 13.1 Å². The maximum atomic E-state index is 12.0. The quantitative estimate of drug-likeness (QED) is 0.760. The molecule has 1 heterocycles. The van der Waals surface area contributed by atoms with Gasteiger partial charge in [0.1, 0.15) is 0 Å². The summed E-state index contributed by atoms with van der Waals surface area (Å²) in [4.78, 5) is 12.0. The lowest BCUT2D eigenvalue weighted by molar-refractivity contribution is -0.125. The Labute approximate surface area is 98.4 Å². The summed E-state index contributed by atoms with van der Waals surface area (Å²) in [6.45, 7) is 7.19. The summed E-state index contributed by atoms with van der Waals surface area (Å²) >= 11 is 0. The minimum absolute atomic E-state index is 0.191. The topological polar surface area (TPSA) is 41.1 Å². The van der Waals surface area contributed by atoms with Crippen LogP contribution in [0.2, 0.25) is 0 Å². The van der Waals surface area contributed by atoms with Crippen LogP contribution in [0, 0.1) is 23.7 Å². The van der Waals surface area contributed by atoms with E-state index in [0.29, 0.717) is 11.8 Å². The second-order valence-corrected chi connectivity index (χ2v) is 5.66. The van der Waals surface area contributed by atoms with Crippen molar-refractivity contribution < 1.29 is 4.79 Å². The molecule has 1 saturated carbocycles. The molecule has 1 aliphatic heterocycles. The molecule has 92 valence electrons. The van der Waals surface area contributed by atoms with E-state index in [1.807, 2.05) is 0 Å². The molecule has 3 nitrogen and oxygen atoms in total. The van der Waals surface area contributed by atoms with Gasteiger partial charge in [0.15, 0.2) is 0 Å². The molecular weight excluding hydrogens is 200 g/mol. The van der Waals surface area contributed by atoms with Crippen molar-refractivity contribution in [1.82, 2.24) is 10.6 Å². The highest BCUT2D eigenvalue weighted by atomic mass is 16.1. The predicted octanol–water partition coefficient (Wildman–Crippen LogP) is 1.39. The van der Waals surface area contributed by atoms with Crippen LogP contribution in [0.4, 0.5) is 0 Å². The summed E-state index contributed by atoms with van der Waals surface area (Å²) in [5, 5.41) is 6.43. The van der Waals surface area contributed by atoms with Crippen molar-refractivity contribution in [2.75, 3.05) is 19.6 Å². The van der Waals surface area contributed by atoms with E-state index in [1.165, 1.54) is 19.3 Å². The number of carbonyl (C=O) groups excluding carboxylic acids is 1. The molecule has 0 aromatic heterocycles. The normalized spacial score (nSPS) is 38.9. The van der Waals surface area contributed by atoms with E-state index in [1.54, 1.807) is 0 Å². The molecule has 16 heavy (non-hydrogen) atoms. The number of hydrogen-bond acceptors (Lipinski definition) is 2. The third kappa shape index (κ3) is 2.57. The van der Waals surface area contributed by atoms with Crippen molar-refractivity contribution >= 4 is 5.91 Å². The van der Waals surface area contributed by atoms with Gasteiger partial charge in [-0.25, -0.2) is 0 Å². The lowest BCUT2D eigenvalue weighted by atomic mass is 9.95. The first-order valence-corrected chi connectivity index (χ1v) is 6.67. The zero-order valence-corrected chi connectivity index (χ0v) is 10.5. The molecule has 0 bridgehead atoms. The molecule has 2 aliphatic rings. The van der Waals surface area contributed by atoms with Crippen molar-refractivity contribution in [2.24, 2.45) is 23.7 Å². The number of rotatable bonds is 3. The summed E-state index contributed by atoms with van der Waals surface area (Å²) in [6.07, 6.45) is 3.96. The third-order valence-corrected chi connectivity index (χ3v) is 4.43. The molecule has 0 spiro atoms. The zero-order valence-electron chi connectivity index (χ0n) is 10.5. The Bertz CT molecular complexity index is 254.